The van der Waals surface area contributed by atoms with Crippen LogP contribution in [0.2, 0.25) is 0 Å². The van der Waals surface area contributed by atoms with Gasteiger partial charge in [0.1, 0.15) is 5.75 Å². The number of rotatable bonds is 3. The maximum Gasteiger partial charge on any atom is 0.260 e. The summed E-state index contributed by atoms with van der Waals surface area (Å²) in [4.78, 5) is 27.3. The summed E-state index contributed by atoms with van der Waals surface area (Å²) in [6.07, 6.45) is 0.811. The Morgan fingerprint density at radius 1 is 1.00 bits per heavy atom. The zero-order valence-electron chi connectivity index (χ0n) is 15.2. The predicted molar refractivity (Wildman–Crippen MR) is 94.1 cm³/mol. The SMILES string of the molecule is CC(=O)N1CCCN(C(=O)COc2ccc(C(C)(C)C)cc2)CC1. The van der Waals surface area contributed by atoms with Crippen molar-refractivity contribution in [2.24, 2.45) is 0 Å². The van der Waals surface area contributed by atoms with E-state index in [1.54, 1.807) is 16.7 Å². The second kappa shape index (κ2) is 7.69. The Kier molecular flexibility index (Phi) is 5.86. The first-order valence-corrected chi connectivity index (χ1v) is 8.54. The molecule has 0 N–H and O–H groups in total. The molecule has 5 nitrogen and oxygen atoms in total. The molecule has 0 saturated carbocycles. The average Bonchev–Trinajstić information content (AvgIpc) is 2.78. The molecular formula is C19H28N2O3. The molecule has 0 bridgehead atoms. The zero-order valence-corrected chi connectivity index (χ0v) is 15.2. The lowest BCUT2D eigenvalue weighted by Crippen LogP contribution is -2.38. The van der Waals surface area contributed by atoms with Crippen molar-refractivity contribution >= 4 is 11.8 Å². The highest BCUT2D eigenvalue weighted by molar-refractivity contribution is 5.78. The van der Waals surface area contributed by atoms with Crippen LogP contribution < -0.4 is 4.74 Å². The van der Waals surface area contributed by atoms with Gasteiger partial charge in [-0.1, -0.05) is 32.9 Å². The van der Waals surface area contributed by atoms with Crippen LogP contribution in [0.5, 0.6) is 5.75 Å². The first-order valence-electron chi connectivity index (χ1n) is 8.54. The number of hydrogen-bond donors (Lipinski definition) is 0. The quantitative estimate of drug-likeness (QED) is 0.854. The smallest absolute Gasteiger partial charge is 0.260 e. The lowest BCUT2D eigenvalue weighted by atomic mass is 9.87. The van der Waals surface area contributed by atoms with E-state index in [1.807, 2.05) is 24.3 Å². The normalized spacial score (nSPS) is 15.8. The highest BCUT2D eigenvalue weighted by Crippen LogP contribution is 2.24. The Hall–Kier alpha value is -2.04. The lowest BCUT2D eigenvalue weighted by molar-refractivity contribution is -0.134. The molecule has 2 amide bonds. The summed E-state index contributed by atoms with van der Waals surface area (Å²) >= 11 is 0. The summed E-state index contributed by atoms with van der Waals surface area (Å²) in [6.45, 7) is 10.7. The average molecular weight is 332 g/mol. The van der Waals surface area contributed by atoms with E-state index < -0.39 is 0 Å². The highest BCUT2D eigenvalue weighted by Gasteiger charge is 2.20. The molecule has 0 radical (unpaired) electrons. The maximum absolute atomic E-state index is 12.3. The number of amides is 2. The highest BCUT2D eigenvalue weighted by atomic mass is 16.5. The minimum Gasteiger partial charge on any atom is -0.484 e. The molecule has 0 unspecified atom stereocenters. The van der Waals surface area contributed by atoms with Crippen molar-refractivity contribution in [2.75, 3.05) is 32.8 Å². The van der Waals surface area contributed by atoms with Gasteiger partial charge >= 0.3 is 0 Å². The molecule has 1 aromatic rings. The van der Waals surface area contributed by atoms with Crippen LogP contribution in [0, 0.1) is 0 Å². The van der Waals surface area contributed by atoms with Crippen molar-refractivity contribution in [2.45, 2.75) is 39.5 Å². The Morgan fingerprint density at radius 2 is 1.58 bits per heavy atom. The topological polar surface area (TPSA) is 49.9 Å². The maximum atomic E-state index is 12.3. The van der Waals surface area contributed by atoms with Gasteiger partial charge in [-0.05, 0) is 29.5 Å². The summed E-state index contributed by atoms with van der Waals surface area (Å²) < 4.78 is 5.63. The lowest BCUT2D eigenvalue weighted by Gasteiger charge is -2.22. The van der Waals surface area contributed by atoms with Gasteiger partial charge in [-0.25, -0.2) is 0 Å². The largest absolute Gasteiger partial charge is 0.484 e. The van der Waals surface area contributed by atoms with Crippen molar-refractivity contribution in [3.05, 3.63) is 29.8 Å². The minimum atomic E-state index is -0.0275. The van der Waals surface area contributed by atoms with Crippen LogP contribution in [0.4, 0.5) is 0 Å². The first kappa shape index (κ1) is 18.3. The number of ether oxygens (including phenoxy) is 1. The molecule has 132 valence electrons. The molecule has 2 rings (SSSR count). The number of nitrogens with zero attached hydrogens (tertiary/aromatic N) is 2. The molecule has 1 heterocycles. The van der Waals surface area contributed by atoms with Crippen LogP contribution in [0.15, 0.2) is 24.3 Å². The number of hydrogen-bond acceptors (Lipinski definition) is 3. The van der Waals surface area contributed by atoms with Crippen molar-refractivity contribution in [1.82, 2.24) is 9.80 Å². The van der Waals surface area contributed by atoms with E-state index in [0.717, 1.165) is 6.42 Å². The molecule has 0 spiro atoms. The van der Waals surface area contributed by atoms with Crippen LogP contribution >= 0.6 is 0 Å². The molecule has 0 aliphatic carbocycles. The summed E-state index contributed by atoms with van der Waals surface area (Å²) in [5.41, 5.74) is 1.33. The van der Waals surface area contributed by atoms with Crippen LogP contribution in [0.3, 0.4) is 0 Å². The fraction of sp³-hybridized carbons (Fsp3) is 0.579. The van der Waals surface area contributed by atoms with E-state index in [-0.39, 0.29) is 23.8 Å². The monoisotopic (exact) mass is 332 g/mol. The van der Waals surface area contributed by atoms with E-state index in [4.69, 9.17) is 4.74 Å². The van der Waals surface area contributed by atoms with Crippen LogP contribution in [0.1, 0.15) is 39.7 Å². The number of carbonyl (C=O) groups excluding carboxylic acids is 2. The standard InChI is InChI=1S/C19H28N2O3/c1-15(22)20-10-5-11-21(13-12-20)18(23)14-24-17-8-6-16(7-9-17)19(2,3)4/h6-9H,5,10-14H2,1-4H3. The van der Waals surface area contributed by atoms with Gasteiger partial charge in [-0.2, -0.15) is 0 Å². The molecule has 1 aliphatic rings. The molecule has 1 aromatic carbocycles. The molecule has 0 atom stereocenters. The van der Waals surface area contributed by atoms with Crippen LogP contribution in [-0.4, -0.2) is 54.4 Å². The second-order valence-electron chi connectivity index (χ2n) is 7.30. The predicted octanol–water partition coefficient (Wildman–Crippen LogP) is 2.44. The van der Waals surface area contributed by atoms with Gasteiger partial charge in [0.2, 0.25) is 5.91 Å². The number of carbonyl (C=O) groups is 2. The van der Waals surface area contributed by atoms with Crippen LogP contribution in [-0.2, 0) is 15.0 Å². The van der Waals surface area contributed by atoms with Gasteiger partial charge in [0, 0.05) is 33.1 Å². The molecule has 1 saturated heterocycles. The van der Waals surface area contributed by atoms with Gasteiger partial charge in [-0.15, -0.1) is 0 Å². The third-order valence-corrected chi connectivity index (χ3v) is 4.38. The van der Waals surface area contributed by atoms with E-state index in [9.17, 15) is 9.59 Å². The molecule has 5 heteroatoms. The molecule has 0 aromatic heterocycles. The fourth-order valence-corrected chi connectivity index (χ4v) is 2.77. The van der Waals surface area contributed by atoms with E-state index in [0.29, 0.717) is 31.9 Å². The van der Waals surface area contributed by atoms with Gasteiger partial charge in [0.05, 0.1) is 0 Å². The Balaban J connectivity index is 1.85. The Morgan fingerprint density at radius 3 is 2.17 bits per heavy atom. The molecule has 1 fully saturated rings. The fourth-order valence-electron chi connectivity index (χ4n) is 2.77. The summed E-state index contributed by atoms with van der Waals surface area (Å²) in [7, 11) is 0. The Bertz CT molecular complexity index is 575. The van der Waals surface area contributed by atoms with Crippen LogP contribution in [0.25, 0.3) is 0 Å². The summed E-state index contributed by atoms with van der Waals surface area (Å²) in [5, 5.41) is 0. The molecular weight excluding hydrogens is 304 g/mol. The summed E-state index contributed by atoms with van der Waals surface area (Å²) in [6, 6.07) is 7.90. The van der Waals surface area contributed by atoms with Gasteiger partial charge in [0.15, 0.2) is 6.61 Å². The zero-order chi connectivity index (χ0) is 17.7. The second-order valence-corrected chi connectivity index (χ2v) is 7.30. The number of benzene rings is 1. The third kappa shape index (κ3) is 4.98. The Labute approximate surface area is 144 Å². The minimum absolute atomic E-state index is 0.0275. The van der Waals surface area contributed by atoms with Gasteiger partial charge < -0.3 is 14.5 Å². The first-order chi connectivity index (χ1) is 11.3. The van der Waals surface area contributed by atoms with E-state index >= 15 is 0 Å². The van der Waals surface area contributed by atoms with Crippen molar-refractivity contribution < 1.29 is 14.3 Å². The van der Waals surface area contributed by atoms with Crippen molar-refractivity contribution in [3.8, 4) is 5.75 Å². The molecule has 1 aliphatic heterocycles. The summed E-state index contributed by atoms with van der Waals surface area (Å²) in [5.74, 6) is 0.747. The third-order valence-electron chi connectivity index (χ3n) is 4.38. The van der Waals surface area contributed by atoms with Gasteiger partial charge in [-0.3, -0.25) is 9.59 Å². The van der Waals surface area contributed by atoms with Crippen molar-refractivity contribution in [3.63, 3.8) is 0 Å². The van der Waals surface area contributed by atoms with E-state index in [2.05, 4.69) is 20.8 Å². The molecule has 24 heavy (non-hydrogen) atoms. The van der Waals surface area contributed by atoms with E-state index in [1.165, 1.54) is 5.56 Å². The van der Waals surface area contributed by atoms with Gasteiger partial charge in [0.25, 0.3) is 5.91 Å². The van der Waals surface area contributed by atoms with Crippen molar-refractivity contribution in [1.29, 1.82) is 0 Å².